The van der Waals surface area contributed by atoms with Crippen LogP contribution in [0.1, 0.15) is 27.6 Å². The summed E-state index contributed by atoms with van der Waals surface area (Å²) in [5, 5.41) is 9.28. The van der Waals surface area contributed by atoms with Gasteiger partial charge >= 0.3 is 0 Å². The van der Waals surface area contributed by atoms with Crippen LogP contribution in [0.25, 0.3) is 17.5 Å². The molecule has 33 heavy (non-hydrogen) atoms. The number of amides is 2. The van der Waals surface area contributed by atoms with Gasteiger partial charge in [0, 0.05) is 21.7 Å². The standard InChI is InChI=1S/C24H19BrN4O4/c1-15-7-9-16(10-8-15)23(30)27-20(13-19-6-3-11-32-19)24(31)26-14-21-28-22(29-33-21)17-4-2-5-18(25)12-17/h2-13H,14H2,1H3,(H,26,31)(H,27,30)/b20-13-. The van der Waals surface area contributed by atoms with Gasteiger partial charge in [0.25, 0.3) is 11.8 Å². The van der Waals surface area contributed by atoms with Crippen LogP contribution in [0.15, 0.2) is 86.0 Å². The van der Waals surface area contributed by atoms with Gasteiger partial charge in [-0.05, 0) is 43.3 Å². The lowest BCUT2D eigenvalue weighted by molar-refractivity contribution is -0.118. The second-order valence-corrected chi connectivity index (χ2v) is 8.01. The third-order valence-corrected chi connectivity index (χ3v) is 5.08. The Labute approximate surface area is 197 Å². The zero-order chi connectivity index (χ0) is 23.2. The van der Waals surface area contributed by atoms with Crippen LogP contribution in [0, 0.1) is 6.92 Å². The Bertz CT molecular complexity index is 1290. The molecule has 0 aliphatic heterocycles. The molecule has 2 aromatic heterocycles. The molecule has 0 radical (unpaired) electrons. The Balaban J connectivity index is 1.46. The molecule has 0 unspecified atom stereocenters. The van der Waals surface area contributed by atoms with Crippen LogP contribution < -0.4 is 10.6 Å². The van der Waals surface area contributed by atoms with Crippen molar-refractivity contribution in [2.45, 2.75) is 13.5 Å². The molecule has 0 bridgehead atoms. The Morgan fingerprint density at radius 1 is 1.09 bits per heavy atom. The van der Waals surface area contributed by atoms with E-state index in [4.69, 9.17) is 8.94 Å². The smallest absolute Gasteiger partial charge is 0.268 e. The van der Waals surface area contributed by atoms with Gasteiger partial charge in [-0.25, -0.2) is 0 Å². The lowest BCUT2D eigenvalue weighted by atomic mass is 10.1. The number of hydrogen-bond acceptors (Lipinski definition) is 6. The van der Waals surface area contributed by atoms with Crippen molar-refractivity contribution in [3.05, 3.63) is 99.9 Å². The van der Waals surface area contributed by atoms with E-state index in [1.54, 1.807) is 24.3 Å². The highest BCUT2D eigenvalue weighted by Gasteiger charge is 2.17. The van der Waals surface area contributed by atoms with Gasteiger partial charge in [-0.2, -0.15) is 4.98 Å². The first-order valence-corrected chi connectivity index (χ1v) is 10.8. The van der Waals surface area contributed by atoms with Crippen LogP contribution in [-0.4, -0.2) is 22.0 Å². The Kier molecular flexibility index (Phi) is 6.80. The molecule has 0 saturated heterocycles. The lowest BCUT2D eigenvalue weighted by Gasteiger charge is -2.10. The van der Waals surface area contributed by atoms with Gasteiger partial charge in [0.1, 0.15) is 11.5 Å². The predicted octanol–water partition coefficient (Wildman–Crippen LogP) is 4.49. The number of rotatable bonds is 7. The fraction of sp³-hybridized carbons (Fsp3) is 0.0833. The average Bonchev–Trinajstić information content (AvgIpc) is 3.50. The molecule has 0 aliphatic carbocycles. The van der Waals surface area contributed by atoms with Crippen molar-refractivity contribution in [1.82, 2.24) is 20.8 Å². The summed E-state index contributed by atoms with van der Waals surface area (Å²) in [4.78, 5) is 29.8. The van der Waals surface area contributed by atoms with Gasteiger partial charge in [-0.1, -0.05) is 50.9 Å². The van der Waals surface area contributed by atoms with Crippen LogP contribution in [0.4, 0.5) is 0 Å². The zero-order valence-electron chi connectivity index (χ0n) is 17.5. The molecule has 166 valence electrons. The van der Waals surface area contributed by atoms with Crippen LogP contribution in [0.2, 0.25) is 0 Å². The second kappa shape index (κ2) is 10.1. The van der Waals surface area contributed by atoms with E-state index >= 15 is 0 Å². The number of aromatic nitrogens is 2. The van der Waals surface area contributed by atoms with E-state index in [1.165, 1.54) is 12.3 Å². The van der Waals surface area contributed by atoms with Crippen molar-refractivity contribution in [2.24, 2.45) is 0 Å². The molecule has 4 rings (SSSR count). The van der Waals surface area contributed by atoms with Gasteiger partial charge in [0.15, 0.2) is 0 Å². The third kappa shape index (κ3) is 5.83. The first kappa shape index (κ1) is 22.2. The normalized spacial score (nSPS) is 11.3. The minimum atomic E-state index is -0.533. The highest BCUT2D eigenvalue weighted by atomic mass is 79.9. The van der Waals surface area contributed by atoms with E-state index in [9.17, 15) is 9.59 Å². The molecule has 2 N–H and O–H groups in total. The summed E-state index contributed by atoms with van der Waals surface area (Å²) in [6.45, 7) is 1.91. The number of aryl methyl sites for hydroxylation is 1. The highest BCUT2D eigenvalue weighted by Crippen LogP contribution is 2.20. The molecular weight excluding hydrogens is 488 g/mol. The summed E-state index contributed by atoms with van der Waals surface area (Å²) >= 11 is 3.40. The minimum absolute atomic E-state index is 0.0160. The maximum atomic E-state index is 12.9. The van der Waals surface area contributed by atoms with Crippen LogP contribution in [0.3, 0.4) is 0 Å². The minimum Gasteiger partial charge on any atom is -0.465 e. The average molecular weight is 507 g/mol. The fourth-order valence-corrected chi connectivity index (χ4v) is 3.30. The zero-order valence-corrected chi connectivity index (χ0v) is 19.1. The number of carbonyl (C=O) groups excluding carboxylic acids is 2. The molecule has 0 aliphatic rings. The quantitative estimate of drug-likeness (QED) is 0.357. The van der Waals surface area contributed by atoms with Crippen molar-refractivity contribution in [2.75, 3.05) is 0 Å². The number of carbonyl (C=O) groups is 2. The molecule has 0 saturated carbocycles. The SMILES string of the molecule is Cc1ccc(C(=O)N/C(=C\c2ccco2)C(=O)NCc2nc(-c3cccc(Br)c3)no2)cc1. The largest absolute Gasteiger partial charge is 0.465 e. The molecule has 2 heterocycles. The monoisotopic (exact) mass is 506 g/mol. The maximum Gasteiger partial charge on any atom is 0.268 e. The lowest BCUT2D eigenvalue weighted by Crippen LogP contribution is -2.34. The van der Waals surface area contributed by atoms with Crippen LogP contribution in [0.5, 0.6) is 0 Å². The van der Waals surface area contributed by atoms with Gasteiger partial charge < -0.3 is 19.6 Å². The van der Waals surface area contributed by atoms with E-state index in [2.05, 4.69) is 36.7 Å². The summed E-state index contributed by atoms with van der Waals surface area (Å²) < 4.78 is 11.4. The van der Waals surface area contributed by atoms with E-state index < -0.39 is 11.8 Å². The number of nitrogens with zero attached hydrogens (tertiary/aromatic N) is 2. The molecule has 9 heteroatoms. The van der Waals surface area contributed by atoms with Gasteiger partial charge in [0.2, 0.25) is 11.7 Å². The van der Waals surface area contributed by atoms with E-state index in [1.807, 2.05) is 43.3 Å². The van der Waals surface area contributed by atoms with Gasteiger partial charge in [-0.15, -0.1) is 0 Å². The Morgan fingerprint density at radius 2 is 1.91 bits per heavy atom. The van der Waals surface area contributed by atoms with Crippen molar-refractivity contribution in [1.29, 1.82) is 0 Å². The molecule has 0 spiro atoms. The first-order valence-electron chi connectivity index (χ1n) is 9.98. The second-order valence-electron chi connectivity index (χ2n) is 7.10. The fourth-order valence-electron chi connectivity index (χ4n) is 2.90. The van der Waals surface area contributed by atoms with Crippen molar-refractivity contribution in [3.8, 4) is 11.4 Å². The van der Waals surface area contributed by atoms with Gasteiger partial charge in [-0.3, -0.25) is 9.59 Å². The highest BCUT2D eigenvalue weighted by molar-refractivity contribution is 9.10. The molecule has 0 atom stereocenters. The van der Waals surface area contributed by atoms with E-state index in [0.717, 1.165) is 15.6 Å². The number of hydrogen-bond donors (Lipinski definition) is 2. The summed E-state index contributed by atoms with van der Waals surface area (Å²) in [6.07, 6.45) is 2.92. The molecule has 2 amide bonds. The van der Waals surface area contributed by atoms with Gasteiger partial charge in [0.05, 0.1) is 12.8 Å². The Hall–Kier alpha value is -3.98. The topological polar surface area (TPSA) is 110 Å². The molecule has 8 nitrogen and oxygen atoms in total. The van der Waals surface area contributed by atoms with E-state index in [-0.39, 0.29) is 18.1 Å². The number of furan rings is 1. The van der Waals surface area contributed by atoms with Crippen molar-refractivity contribution < 1.29 is 18.5 Å². The number of nitrogens with one attached hydrogen (secondary N) is 2. The van der Waals surface area contributed by atoms with Crippen LogP contribution >= 0.6 is 15.9 Å². The number of halogens is 1. The van der Waals surface area contributed by atoms with Crippen molar-refractivity contribution >= 4 is 33.8 Å². The molecule has 0 fully saturated rings. The molecule has 4 aromatic rings. The van der Waals surface area contributed by atoms with Crippen molar-refractivity contribution in [3.63, 3.8) is 0 Å². The summed E-state index contributed by atoms with van der Waals surface area (Å²) in [5.74, 6) is 0.0888. The predicted molar refractivity (Wildman–Crippen MR) is 125 cm³/mol. The number of benzene rings is 2. The summed E-state index contributed by atoms with van der Waals surface area (Å²) in [6, 6.07) is 17.8. The maximum absolute atomic E-state index is 12.9. The Morgan fingerprint density at radius 3 is 2.64 bits per heavy atom. The molecular formula is C24H19BrN4O4. The van der Waals surface area contributed by atoms with E-state index in [0.29, 0.717) is 17.1 Å². The summed E-state index contributed by atoms with van der Waals surface area (Å²) in [5.41, 5.74) is 2.24. The first-order chi connectivity index (χ1) is 16.0. The summed E-state index contributed by atoms with van der Waals surface area (Å²) in [7, 11) is 0. The molecule has 2 aromatic carbocycles. The van der Waals surface area contributed by atoms with Crippen LogP contribution in [-0.2, 0) is 11.3 Å². The third-order valence-electron chi connectivity index (χ3n) is 4.59.